The first-order chi connectivity index (χ1) is 14.0. The predicted molar refractivity (Wildman–Crippen MR) is 113 cm³/mol. The van der Waals surface area contributed by atoms with Gasteiger partial charge in [-0.15, -0.1) is 0 Å². The van der Waals surface area contributed by atoms with Gasteiger partial charge in [-0.25, -0.2) is 4.39 Å². The highest BCUT2D eigenvalue weighted by Crippen LogP contribution is 2.45. The Morgan fingerprint density at radius 1 is 1.07 bits per heavy atom. The van der Waals surface area contributed by atoms with E-state index in [0.717, 1.165) is 15.9 Å². The van der Waals surface area contributed by atoms with E-state index in [2.05, 4.69) is 20.9 Å². The molecule has 4 nitrogen and oxygen atoms in total. The van der Waals surface area contributed by atoms with Gasteiger partial charge >= 0.3 is 0 Å². The molecule has 0 bridgehead atoms. The van der Waals surface area contributed by atoms with Crippen molar-refractivity contribution in [2.75, 3.05) is 4.90 Å². The molecule has 2 aromatic carbocycles. The molecule has 1 aliphatic rings. The number of hydrogen-bond donors (Lipinski definition) is 1. The van der Waals surface area contributed by atoms with Crippen molar-refractivity contribution in [3.63, 3.8) is 0 Å². The van der Waals surface area contributed by atoms with Crippen molar-refractivity contribution in [1.82, 2.24) is 4.98 Å². The molecular weight excluding hydrogens is 435 g/mol. The van der Waals surface area contributed by atoms with Crippen molar-refractivity contribution in [1.29, 1.82) is 0 Å². The molecule has 0 spiro atoms. The van der Waals surface area contributed by atoms with Gasteiger partial charge in [0.25, 0.3) is 0 Å². The van der Waals surface area contributed by atoms with Gasteiger partial charge in [0, 0.05) is 16.4 Å². The molecule has 2 heterocycles. The van der Waals surface area contributed by atoms with Gasteiger partial charge < -0.3 is 10.0 Å². The standard InChI is InChI=1S/C23H20BrFN2O2/c24-16-8-12-20(26-14-16)22-19(23(29)27(22)18-4-2-1-3-5-18)11-13-21(28)15-6-9-17(25)10-7-15/h1-10,12,14,19,21-22,28H,11,13H2/t19-,21?,22+/m1/s1. The van der Waals surface area contributed by atoms with E-state index in [0.29, 0.717) is 18.4 Å². The maximum absolute atomic E-state index is 13.1. The second-order valence-electron chi connectivity index (χ2n) is 7.14. The van der Waals surface area contributed by atoms with Gasteiger partial charge in [-0.2, -0.15) is 0 Å². The van der Waals surface area contributed by atoms with Gasteiger partial charge in [0.05, 0.1) is 23.8 Å². The third-order valence-electron chi connectivity index (χ3n) is 5.31. The van der Waals surface area contributed by atoms with Gasteiger partial charge in [-0.3, -0.25) is 9.78 Å². The first kappa shape index (κ1) is 19.7. The number of aromatic nitrogens is 1. The zero-order valence-corrected chi connectivity index (χ0v) is 17.2. The van der Waals surface area contributed by atoms with Crippen molar-refractivity contribution in [2.45, 2.75) is 25.0 Å². The molecule has 1 fully saturated rings. The smallest absolute Gasteiger partial charge is 0.233 e. The maximum Gasteiger partial charge on any atom is 0.233 e. The van der Waals surface area contributed by atoms with Gasteiger partial charge in [0.2, 0.25) is 5.91 Å². The molecular formula is C23H20BrFN2O2. The summed E-state index contributed by atoms with van der Waals surface area (Å²) in [6.07, 6.45) is 1.92. The molecule has 0 radical (unpaired) electrons. The number of carbonyl (C=O) groups is 1. The highest BCUT2D eigenvalue weighted by Gasteiger charge is 2.49. The molecule has 3 atom stereocenters. The fraction of sp³-hybridized carbons (Fsp3) is 0.217. The Labute approximate surface area is 177 Å². The van der Waals surface area contributed by atoms with E-state index < -0.39 is 6.10 Å². The Balaban J connectivity index is 1.54. The second kappa shape index (κ2) is 8.43. The number of benzene rings is 2. The van der Waals surface area contributed by atoms with E-state index in [4.69, 9.17) is 0 Å². The van der Waals surface area contributed by atoms with E-state index in [1.165, 1.54) is 12.1 Å². The third kappa shape index (κ3) is 4.09. The molecule has 4 rings (SSSR count). The van der Waals surface area contributed by atoms with E-state index in [1.807, 2.05) is 42.5 Å². The number of amides is 1. The minimum Gasteiger partial charge on any atom is -0.388 e. The number of nitrogens with zero attached hydrogens (tertiary/aromatic N) is 2. The number of β-lactam (4-membered cyclic amide) rings is 1. The molecule has 1 aromatic heterocycles. The normalized spacial score (nSPS) is 19.7. The topological polar surface area (TPSA) is 53.4 Å². The van der Waals surface area contributed by atoms with Gasteiger partial charge in [-0.1, -0.05) is 30.3 Å². The van der Waals surface area contributed by atoms with E-state index in [9.17, 15) is 14.3 Å². The summed E-state index contributed by atoms with van der Waals surface area (Å²) in [7, 11) is 0. The Bertz CT molecular complexity index is 980. The second-order valence-corrected chi connectivity index (χ2v) is 8.06. The van der Waals surface area contributed by atoms with Crippen molar-refractivity contribution >= 4 is 27.5 Å². The van der Waals surface area contributed by atoms with Crippen LogP contribution in [0.3, 0.4) is 0 Å². The summed E-state index contributed by atoms with van der Waals surface area (Å²) in [5.41, 5.74) is 2.30. The number of halogens is 2. The summed E-state index contributed by atoms with van der Waals surface area (Å²) in [5, 5.41) is 10.5. The van der Waals surface area contributed by atoms with Crippen LogP contribution in [0.1, 0.15) is 36.2 Å². The van der Waals surface area contributed by atoms with Crippen LogP contribution in [0.25, 0.3) is 0 Å². The fourth-order valence-corrected chi connectivity index (χ4v) is 4.03. The minimum absolute atomic E-state index is 0.0252. The lowest BCUT2D eigenvalue weighted by Gasteiger charge is -2.47. The lowest BCUT2D eigenvalue weighted by Crippen LogP contribution is -2.55. The summed E-state index contributed by atoms with van der Waals surface area (Å²) in [5.74, 6) is -0.578. The molecule has 1 N–H and O–H groups in total. The minimum atomic E-state index is -0.743. The van der Waals surface area contributed by atoms with E-state index in [1.54, 1.807) is 23.2 Å². The van der Waals surface area contributed by atoms with Gasteiger partial charge in [-0.05, 0) is 70.7 Å². The van der Waals surface area contributed by atoms with E-state index >= 15 is 0 Å². The molecule has 0 saturated carbocycles. The predicted octanol–water partition coefficient (Wildman–Crippen LogP) is 5.20. The highest BCUT2D eigenvalue weighted by molar-refractivity contribution is 9.10. The number of rotatable bonds is 6. The Kier molecular flexibility index (Phi) is 5.74. The van der Waals surface area contributed by atoms with Crippen LogP contribution < -0.4 is 4.90 Å². The fourth-order valence-electron chi connectivity index (χ4n) is 3.80. The summed E-state index contributed by atoms with van der Waals surface area (Å²) < 4.78 is 14.0. The highest BCUT2D eigenvalue weighted by atomic mass is 79.9. The molecule has 1 saturated heterocycles. The summed E-state index contributed by atoms with van der Waals surface area (Å²) in [6, 6.07) is 19.0. The molecule has 29 heavy (non-hydrogen) atoms. The number of aliphatic hydroxyl groups excluding tert-OH is 1. The summed E-state index contributed by atoms with van der Waals surface area (Å²) >= 11 is 3.40. The van der Waals surface area contributed by atoms with Crippen LogP contribution in [0.5, 0.6) is 0 Å². The van der Waals surface area contributed by atoms with Gasteiger partial charge in [0.1, 0.15) is 5.82 Å². The van der Waals surface area contributed by atoms with Gasteiger partial charge in [0.15, 0.2) is 0 Å². The Morgan fingerprint density at radius 3 is 2.45 bits per heavy atom. The summed E-state index contributed by atoms with van der Waals surface area (Å²) in [6.45, 7) is 0. The zero-order chi connectivity index (χ0) is 20.4. The number of anilines is 1. The number of carbonyl (C=O) groups excluding carboxylic acids is 1. The van der Waals surface area contributed by atoms with Crippen LogP contribution >= 0.6 is 15.9 Å². The molecule has 1 amide bonds. The summed E-state index contributed by atoms with van der Waals surface area (Å²) in [4.78, 5) is 19.2. The van der Waals surface area contributed by atoms with Crippen molar-refractivity contribution in [3.05, 3.63) is 94.5 Å². The first-order valence-corrected chi connectivity index (χ1v) is 10.3. The molecule has 1 aliphatic heterocycles. The lowest BCUT2D eigenvalue weighted by atomic mass is 9.80. The van der Waals surface area contributed by atoms with Crippen molar-refractivity contribution in [3.8, 4) is 0 Å². The Morgan fingerprint density at radius 2 is 1.79 bits per heavy atom. The van der Waals surface area contributed by atoms with E-state index in [-0.39, 0.29) is 23.7 Å². The molecule has 0 aliphatic carbocycles. The third-order valence-corrected chi connectivity index (χ3v) is 5.78. The van der Waals surface area contributed by atoms with Crippen LogP contribution in [0, 0.1) is 11.7 Å². The molecule has 3 aromatic rings. The quantitative estimate of drug-likeness (QED) is 0.520. The maximum atomic E-state index is 13.1. The first-order valence-electron chi connectivity index (χ1n) is 9.47. The average Bonchev–Trinajstić information content (AvgIpc) is 2.74. The van der Waals surface area contributed by atoms with Crippen LogP contribution in [-0.2, 0) is 4.79 Å². The molecule has 148 valence electrons. The zero-order valence-electron chi connectivity index (χ0n) is 15.6. The van der Waals surface area contributed by atoms with Crippen molar-refractivity contribution < 1.29 is 14.3 Å². The number of para-hydroxylation sites is 1. The molecule has 6 heteroatoms. The average molecular weight is 455 g/mol. The Hall–Kier alpha value is -2.57. The largest absolute Gasteiger partial charge is 0.388 e. The SMILES string of the molecule is O=C1[C@H](CCC(O)c2ccc(F)cc2)[C@@H](c2ccc(Br)cn2)N1c1ccccc1. The number of hydrogen-bond acceptors (Lipinski definition) is 3. The van der Waals surface area contributed by atoms with Crippen LogP contribution in [0.15, 0.2) is 77.4 Å². The monoisotopic (exact) mass is 454 g/mol. The lowest BCUT2D eigenvalue weighted by molar-refractivity contribution is -0.131. The number of aliphatic hydroxyl groups is 1. The van der Waals surface area contributed by atoms with Crippen LogP contribution in [-0.4, -0.2) is 16.0 Å². The van der Waals surface area contributed by atoms with Crippen molar-refractivity contribution in [2.24, 2.45) is 5.92 Å². The van der Waals surface area contributed by atoms with Crippen LogP contribution in [0.4, 0.5) is 10.1 Å². The molecule has 1 unspecified atom stereocenters. The van der Waals surface area contributed by atoms with Crippen LogP contribution in [0.2, 0.25) is 0 Å². The number of pyridine rings is 1.